The molecule has 0 spiro atoms. The number of benzene rings is 2. The van der Waals surface area contributed by atoms with Crippen molar-refractivity contribution in [3.63, 3.8) is 0 Å². The molecule has 2 N–H and O–H groups in total. The van der Waals surface area contributed by atoms with Crippen LogP contribution >= 0.6 is 11.3 Å². The lowest BCUT2D eigenvalue weighted by atomic mass is 10.1. The second-order valence-corrected chi connectivity index (χ2v) is 5.97. The van der Waals surface area contributed by atoms with Gasteiger partial charge < -0.3 is 10.6 Å². The predicted octanol–water partition coefficient (Wildman–Crippen LogP) is 4.78. The molecule has 0 aliphatic rings. The Bertz CT molecular complexity index is 843. The van der Waals surface area contributed by atoms with Gasteiger partial charge in [0.05, 0.1) is 5.69 Å². The molecule has 120 valence electrons. The minimum absolute atomic E-state index is 0.254. The smallest absolute Gasteiger partial charge is 0.319 e. The maximum Gasteiger partial charge on any atom is 0.319 e. The van der Waals surface area contributed by atoms with Gasteiger partial charge in [-0.1, -0.05) is 48.5 Å². The number of carbonyl (C=O) groups is 1. The van der Waals surface area contributed by atoms with Gasteiger partial charge in [-0.15, -0.1) is 17.9 Å². The quantitative estimate of drug-likeness (QED) is 0.659. The Morgan fingerprint density at radius 3 is 2.71 bits per heavy atom. The van der Waals surface area contributed by atoms with Crippen molar-refractivity contribution in [1.82, 2.24) is 10.3 Å². The Morgan fingerprint density at radius 1 is 1.12 bits per heavy atom. The number of hydrogen-bond donors (Lipinski definition) is 2. The molecule has 0 fully saturated rings. The van der Waals surface area contributed by atoms with Crippen molar-refractivity contribution in [2.24, 2.45) is 0 Å². The zero-order valence-corrected chi connectivity index (χ0v) is 13.8. The summed E-state index contributed by atoms with van der Waals surface area (Å²) in [7, 11) is 0. The molecule has 0 saturated heterocycles. The zero-order valence-electron chi connectivity index (χ0n) is 13.0. The molecule has 0 aliphatic heterocycles. The van der Waals surface area contributed by atoms with E-state index in [1.54, 1.807) is 17.4 Å². The Hall–Kier alpha value is -2.92. The van der Waals surface area contributed by atoms with Crippen LogP contribution in [0.5, 0.6) is 0 Å². The van der Waals surface area contributed by atoms with Crippen LogP contribution in [-0.2, 0) is 0 Å². The first-order valence-corrected chi connectivity index (χ1v) is 8.41. The number of thiazole rings is 1. The van der Waals surface area contributed by atoms with Crippen molar-refractivity contribution in [1.29, 1.82) is 0 Å². The molecule has 0 radical (unpaired) electrons. The van der Waals surface area contributed by atoms with Gasteiger partial charge in [-0.25, -0.2) is 9.78 Å². The number of hydrogen-bond acceptors (Lipinski definition) is 3. The van der Waals surface area contributed by atoms with Crippen LogP contribution in [-0.4, -0.2) is 17.6 Å². The first-order valence-electron chi connectivity index (χ1n) is 7.53. The van der Waals surface area contributed by atoms with Crippen molar-refractivity contribution >= 4 is 23.1 Å². The number of nitrogens with one attached hydrogen (secondary N) is 2. The molecule has 0 saturated carbocycles. The lowest BCUT2D eigenvalue weighted by Crippen LogP contribution is -2.28. The fraction of sp³-hybridized carbons (Fsp3) is 0.0526. The van der Waals surface area contributed by atoms with E-state index in [1.165, 1.54) is 0 Å². The molecule has 1 heterocycles. The average Bonchev–Trinajstić information content (AvgIpc) is 3.11. The molecule has 2 aromatic carbocycles. The third-order valence-electron chi connectivity index (χ3n) is 3.35. The van der Waals surface area contributed by atoms with E-state index in [1.807, 2.05) is 60.0 Å². The third-order valence-corrected chi connectivity index (χ3v) is 4.24. The topological polar surface area (TPSA) is 54.0 Å². The number of aromatic nitrogens is 1. The van der Waals surface area contributed by atoms with E-state index < -0.39 is 0 Å². The Balaban J connectivity index is 1.78. The molecule has 2 amide bonds. The molecule has 4 nitrogen and oxygen atoms in total. The van der Waals surface area contributed by atoms with Gasteiger partial charge in [0.15, 0.2) is 0 Å². The summed E-state index contributed by atoms with van der Waals surface area (Å²) in [4.78, 5) is 16.4. The van der Waals surface area contributed by atoms with Crippen LogP contribution in [0.3, 0.4) is 0 Å². The van der Waals surface area contributed by atoms with Gasteiger partial charge in [0.25, 0.3) is 0 Å². The number of amides is 2. The van der Waals surface area contributed by atoms with Crippen LogP contribution in [0.4, 0.5) is 10.5 Å². The molecule has 3 aromatic rings. The molecule has 0 atom stereocenters. The van der Waals surface area contributed by atoms with E-state index in [4.69, 9.17) is 4.98 Å². The van der Waals surface area contributed by atoms with Gasteiger partial charge in [-0.3, -0.25) is 0 Å². The van der Waals surface area contributed by atoms with Crippen LogP contribution in [0.2, 0.25) is 0 Å². The summed E-state index contributed by atoms with van der Waals surface area (Å²) in [5.74, 6) is 0. The van der Waals surface area contributed by atoms with Gasteiger partial charge in [0, 0.05) is 28.7 Å². The highest BCUT2D eigenvalue weighted by atomic mass is 32.1. The monoisotopic (exact) mass is 335 g/mol. The molecule has 0 unspecified atom stereocenters. The van der Waals surface area contributed by atoms with Crippen molar-refractivity contribution in [2.45, 2.75) is 0 Å². The number of nitrogens with zero attached hydrogens (tertiary/aromatic N) is 1. The minimum Gasteiger partial charge on any atom is -0.334 e. The number of rotatable bonds is 5. The summed E-state index contributed by atoms with van der Waals surface area (Å²) in [5.41, 5.74) is 3.69. The molecule has 1 aromatic heterocycles. The summed E-state index contributed by atoms with van der Waals surface area (Å²) < 4.78 is 0. The highest BCUT2D eigenvalue weighted by Crippen LogP contribution is 2.29. The van der Waals surface area contributed by atoms with Crippen LogP contribution in [0.1, 0.15) is 0 Å². The first kappa shape index (κ1) is 16.0. The largest absolute Gasteiger partial charge is 0.334 e. The molecule has 0 aliphatic carbocycles. The molecule has 0 bridgehead atoms. The molecular formula is C19H17N3OS. The van der Waals surface area contributed by atoms with E-state index in [0.29, 0.717) is 6.54 Å². The van der Waals surface area contributed by atoms with E-state index in [2.05, 4.69) is 17.2 Å². The van der Waals surface area contributed by atoms with Crippen LogP contribution in [0.15, 0.2) is 72.6 Å². The van der Waals surface area contributed by atoms with E-state index in [0.717, 1.165) is 27.5 Å². The number of urea groups is 1. The van der Waals surface area contributed by atoms with E-state index in [9.17, 15) is 4.79 Å². The van der Waals surface area contributed by atoms with Crippen molar-refractivity contribution < 1.29 is 4.79 Å². The normalized spacial score (nSPS) is 10.2. The van der Waals surface area contributed by atoms with Gasteiger partial charge >= 0.3 is 6.03 Å². The molecule has 3 rings (SSSR count). The molecule has 5 heteroatoms. The lowest BCUT2D eigenvalue weighted by molar-refractivity contribution is 0.253. The third kappa shape index (κ3) is 3.88. The van der Waals surface area contributed by atoms with E-state index in [-0.39, 0.29) is 6.03 Å². The lowest BCUT2D eigenvalue weighted by Gasteiger charge is -2.07. The van der Waals surface area contributed by atoms with E-state index >= 15 is 0 Å². The SMILES string of the molecule is C=CCNC(=O)Nc1cccc(-c2csc(-c3ccccc3)n2)c1. The second-order valence-electron chi connectivity index (χ2n) is 5.11. The second kappa shape index (κ2) is 7.57. The standard InChI is InChI=1S/C19H17N3OS/c1-2-11-20-19(23)21-16-10-6-9-15(12-16)17-13-24-18(22-17)14-7-4-3-5-8-14/h2-10,12-13H,1,11H2,(H2,20,21,23). The van der Waals surface area contributed by atoms with Crippen molar-refractivity contribution in [2.75, 3.05) is 11.9 Å². The highest BCUT2D eigenvalue weighted by Gasteiger charge is 2.08. The predicted molar refractivity (Wildman–Crippen MR) is 100 cm³/mol. The van der Waals surface area contributed by atoms with Gasteiger partial charge in [0.1, 0.15) is 5.01 Å². The minimum atomic E-state index is -0.254. The van der Waals surface area contributed by atoms with Gasteiger partial charge in [0.2, 0.25) is 0 Å². The van der Waals surface area contributed by atoms with Gasteiger partial charge in [-0.2, -0.15) is 0 Å². The summed E-state index contributed by atoms with van der Waals surface area (Å²) in [5, 5.41) is 8.49. The maximum atomic E-state index is 11.7. The van der Waals surface area contributed by atoms with Crippen molar-refractivity contribution in [3.05, 3.63) is 72.6 Å². The van der Waals surface area contributed by atoms with Crippen LogP contribution < -0.4 is 10.6 Å². The fourth-order valence-electron chi connectivity index (χ4n) is 2.22. The Kier molecular flexibility index (Phi) is 5.03. The fourth-order valence-corrected chi connectivity index (χ4v) is 3.05. The highest BCUT2D eigenvalue weighted by molar-refractivity contribution is 7.13. The van der Waals surface area contributed by atoms with Gasteiger partial charge in [-0.05, 0) is 12.1 Å². The Morgan fingerprint density at radius 2 is 1.92 bits per heavy atom. The Labute approximate surface area is 144 Å². The average molecular weight is 335 g/mol. The van der Waals surface area contributed by atoms with Crippen molar-refractivity contribution in [3.8, 4) is 21.8 Å². The molecular weight excluding hydrogens is 318 g/mol. The maximum absolute atomic E-state index is 11.7. The number of carbonyl (C=O) groups excluding carboxylic acids is 1. The summed E-state index contributed by atoms with van der Waals surface area (Å²) in [6.07, 6.45) is 1.64. The van der Waals surface area contributed by atoms with Crippen LogP contribution in [0, 0.1) is 0 Å². The number of anilines is 1. The zero-order chi connectivity index (χ0) is 16.8. The summed E-state index contributed by atoms with van der Waals surface area (Å²) in [6, 6.07) is 17.5. The first-order chi connectivity index (χ1) is 11.8. The summed E-state index contributed by atoms with van der Waals surface area (Å²) in [6.45, 7) is 4.00. The summed E-state index contributed by atoms with van der Waals surface area (Å²) >= 11 is 1.61. The molecule has 24 heavy (non-hydrogen) atoms. The van der Waals surface area contributed by atoms with Crippen LogP contribution in [0.25, 0.3) is 21.8 Å².